The molecule has 0 saturated heterocycles. The average molecular weight is 254 g/mol. The van der Waals surface area contributed by atoms with Gasteiger partial charge in [0.05, 0.1) is 11.3 Å². The lowest BCUT2D eigenvalue weighted by Crippen LogP contribution is -1.97. The van der Waals surface area contributed by atoms with E-state index in [1.54, 1.807) is 34.9 Å². The summed E-state index contributed by atoms with van der Waals surface area (Å²) in [4.78, 5) is 15.3. The SMILES string of the molecule is O=C(O)c1ccc2nc(-c3ccccc3O)cn2c1. The van der Waals surface area contributed by atoms with Gasteiger partial charge in [-0.05, 0) is 24.3 Å². The number of rotatable bonds is 2. The number of benzene rings is 1. The molecule has 0 amide bonds. The van der Waals surface area contributed by atoms with Crippen LogP contribution in [0.25, 0.3) is 16.9 Å². The molecule has 2 aromatic heterocycles. The number of phenols is 1. The second-order valence-corrected chi connectivity index (χ2v) is 4.13. The lowest BCUT2D eigenvalue weighted by atomic mass is 10.1. The van der Waals surface area contributed by atoms with Gasteiger partial charge in [-0.3, -0.25) is 0 Å². The number of carboxylic acids is 1. The molecule has 0 aliphatic carbocycles. The number of aromatic carboxylic acids is 1. The Morgan fingerprint density at radius 1 is 1.11 bits per heavy atom. The van der Waals surface area contributed by atoms with Crippen LogP contribution in [0.1, 0.15) is 10.4 Å². The van der Waals surface area contributed by atoms with Crippen LogP contribution >= 0.6 is 0 Å². The molecule has 3 rings (SSSR count). The first-order valence-electron chi connectivity index (χ1n) is 5.65. The smallest absolute Gasteiger partial charge is 0.337 e. The molecule has 0 fully saturated rings. The van der Waals surface area contributed by atoms with E-state index in [0.717, 1.165) is 0 Å². The molecule has 94 valence electrons. The van der Waals surface area contributed by atoms with Crippen LogP contribution in [-0.2, 0) is 0 Å². The fraction of sp³-hybridized carbons (Fsp3) is 0. The minimum absolute atomic E-state index is 0.143. The third-order valence-electron chi connectivity index (χ3n) is 2.88. The molecule has 0 saturated carbocycles. The number of aromatic hydroxyl groups is 1. The summed E-state index contributed by atoms with van der Waals surface area (Å²) in [5.41, 5.74) is 2.03. The van der Waals surface area contributed by atoms with Gasteiger partial charge < -0.3 is 14.6 Å². The maximum Gasteiger partial charge on any atom is 0.337 e. The Labute approximate surface area is 108 Å². The number of nitrogens with zero attached hydrogens (tertiary/aromatic N) is 2. The Kier molecular flexibility index (Phi) is 2.45. The Morgan fingerprint density at radius 3 is 2.63 bits per heavy atom. The zero-order chi connectivity index (χ0) is 13.4. The normalized spacial score (nSPS) is 10.7. The van der Waals surface area contributed by atoms with Crippen LogP contribution in [0, 0.1) is 0 Å². The van der Waals surface area contributed by atoms with Crippen LogP contribution < -0.4 is 0 Å². The maximum absolute atomic E-state index is 10.9. The second-order valence-electron chi connectivity index (χ2n) is 4.13. The maximum atomic E-state index is 10.9. The zero-order valence-corrected chi connectivity index (χ0v) is 9.82. The highest BCUT2D eigenvalue weighted by atomic mass is 16.4. The van der Waals surface area contributed by atoms with Crippen LogP contribution in [0.4, 0.5) is 0 Å². The van der Waals surface area contributed by atoms with Crippen LogP contribution in [0.3, 0.4) is 0 Å². The van der Waals surface area contributed by atoms with Gasteiger partial charge in [0.15, 0.2) is 0 Å². The fourth-order valence-corrected chi connectivity index (χ4v) is 1.94. The molecule has 5 heteroatoms. The Hall–Kier alpha value is -2.82. The molecule has 2 N–H and O–H groups in total. The molecule has 0 spiro atoms. The second kappa shape index (κ2) is 4.13. The van der Waals surface area contributed by atoms with E-state index in [4.69, 9.17) is 5.11 Å². The van der Waals surface area contributed by atoms with Gasteiger partial charge in [0.1, 0.15) is 11.4 Å². The van der Waals surface area contributed by atoms with Gasteiger partial charge in [0.2, 0.25) is 0 Å². The molecular formula is C14H10N2O3. The minimum Gasteiger partial charge on any atom is -0.507 e. The molecule has 1 aromatic carbocycles. The van der Waals surface area contributed by atoms with Crippen LogP contribution in [0.2, 0.25) is 0 Å². The molecule has 5 nitrogen and oxygen atoms in total. The summed E-state index contributed by atoms with van der Waals surface area (Å²) in [6.45, 7) is 0. The van der Waals surface area contributed by atoms with E-state index < -0.39 is 5.97 Å². The van der Waals surface area contributed by atoms with Crippen molar-refractivity contribution in [1.29, 1.82) is 0 Å². The summed E-state index contributed by atoms with van der Waals surface area (Å²) < 4.78 is 1.63. The molecule has 0 aliphatic heterocycles. The Balaban J connectivity index is 2.17. The lowest BCUT2D eigenvalue weighted by Gasteiger charge is -1.98. The molecule has 0 unspecified atom stereocenters. The largest absolute Gasteiger partial charge is 0.507 e. The minimum atomic E-state index is -0.986. The highest BCUT2D eigenvalue weighted by molar-refractivity contribution is 5.87. The van der Waals surface area contributed by atoms with Crippen molar-refractivity contribution in [3.05, 3.63) is 54.4 Å². The first kappa shape index (κ1) is 11.3. The van der Waals surface area contributed by atoms with Crippen molar-refractivity contribution in [2.45, 2.75) is 0 Å². The molecule has 3 aromatic rings. The average Bonchev–Trinajstić information content (AvgIpc) is 2.81. The predicted octanol–water partition coefficient (Wildman–Crippen LogP) is 2.41. The van der Waals surface area contributed by atoms with E-state index in [2.05, 4.69) is 4.98 Å². The Morgan fingerprint density at radius 2 is 1.89 bits per heavy atom. The fourth-order valence-electron chi connectivity index (χ4n) is 1.94. The van der Waals surface area contributed by atoms with Gasteiger partial charge in [-0.15, -0.1) is 0 Å². The van der Waals surface area contributed by atoms with E-state index in [0.29, 0.717) is 16.9 Å². The summed E-state index contributed by atoms with van der Waals surface area (Å²) in [5.74, 6) is -0.843. The summed E-state index contributed by atoms with van der Waals surface area (Å²) in [6.07, 6.45) is 3.19. The van der Waals surface area contributed by atoms with Crippen molar-refractivity contribution in [2.24, 2.45) is 0 Å². The van der Waals surface area contributed by atoms with Crippen molar-refractivity contribution in [3.8, 4) is 17.0 Å². The predicted molar refractivity (Wildman–Crippen MR) is 69.3 cm³/mol. The number of pyridine rings is 1. The van der Waals surface area contributed by atoms with Crippen LogP contribution in [-0.4, -0.2) is 25.6 Å². The van der Waals surface area contributed by atoms with E-state index in [1.165, 1.54) is 12.3 Å². The van der Waals surface area contributed by atoms with E-state index in [1.807, 2.05) is 6.07 Å². The summed E-state index contributed by atoms with van der Waals surface area (Å²) in [7, 11) is 0. The molecule has 0 aliphatic rings. The van der Waals surface area contributed by atoms with E-state index in [9.17, 15) is 9.90 Å². The summed E-state index contributed by atoms with van der Waals surface area (Å²) >= 11 is 0. The topological polar surface area (TPSA) is 74.8 Å². The third kappa shape index (κ3) is 1.91. The molecule has 0 bridgehead atoms. The van der Waals surface area contributed by atoms with Gasteiger partial charge in [0.25, 0.3) is 0 Å². The molecule has 2 heterocycles. The highest BCUT2D eigenvalue weighted by Crippen LogP contribution is 2.27. The van der Waals surface area contributed by atoms with Gasteiger partial charge in [-0.1, -0.05) is 12.1 Å². The van der Waals surface area contributed by atoms with Gasteiger partial charge in [0, 0.05) is 18.0 Å². The van der Waals surface area contributed by atoms with Crippen molar-refractivity contribution < 1.29 is 15.0 Å². The molecular weight excluding hydrogens is 244 g/mol. The first-order chi connectivity index (χ1) is 9.15. The molecule has 0 atom stereocenters. The quantitative estimate of drug-likeness (QED) is 0.736. The number of imidazole rings is 1. The first-order valence-corrected chi connectivity index (χ1v) is 5.65. The van der Waals surface area contributed by atoms with Gasteiger partial charge in [-0.25, -0.2) is 9.78 Å². The van der Waals surface area contributed by atoms with Crippen molar-refractivity contribution in [2.75, 3.05) is 0 Å². The van der Waals surface area contributed by atoms with E-state index in [-0.39, 0.29) is 11.3 Å². The molecule has 19 heavy (non-hydrogen) atoms. The van der Waals surface area contributed by atoms with Crippen molar-refractivity contribution >= 4 is 11.6 Å². The Bertz CT molecular complexity index is 777. The van der Waals surface area contributed by atoms with Crippen molar-refractivity contribution in [1.82, 2.24) is 9.38 Å². The number of hydrogen-bond donors (Lipinski definition) is 2. The standard InChI is InChI=1S/C14H10N2O3/c17-12-4-2-1-3-10(12)11-8-16-7-9(14(18)19)5-6-13(16)15-11/h1-8,17H,(H,18,19). The number of fused-ring (bicyclic) bond motifs is 1. The number of hydrogen-bond acceptors (Lipinski definition) is 3. The summed E-state index contributed by atoms with van der Waals surface area (Å²) in [5, 5.41) is 18.7. The number of para-hydroxylation sites is 1. The number of carboxylic acid groups (broad SMARTS) is 1. The number of aromatic nitrogens is 2. The number of phenolic OH excluding ortho intramolecular Hbond substituents is 1. The van der Waals surface area contributed by atoms with Crippen molar-refractivity contribution in [3.63, 3.8) is 0 Å². The lowest BCUT2D eigenvalue weighted by molar-refractivity contribution is 0.0696. The molecule has 0 radical (unpaired) electrons. The highest BCUT2D eigenvalue weighted by Gasteiger charge is 2.10. The summed E-state index contributed by atoms with van der Waals surface area (Å²) in [6, 6.07) is 10.0. The van der Waals surface area contributed by atoms with Gasteiger partial charge in [-0.2, -0.15) is 0 Å². The van der Waals surface area contributed by atoms with Crippen LogP contribution in [0.15, 0.2) is 48.8 Å². The van der Waals surface area contributed by atoms with Crippen LogP contribution in [0.5, 0.6) is 5.75 Å². The number of carbonyl (C=O) groups is 1. The van der Waals surface area contributed by atoms with E-state index >= 15 is 0 Å². The monoisotopic (exact) mass is 254 g/mol. The zero-order valence-electron chi connectivity index (χ0n) is 9.82. The third-order valence-corrected chi connectivity index (χ3v) is 2.88. The van der Waals surface area contributed by atoms with Gasteiger partial charge >= 0.3 is 5.97 Å².